The zero-order valence-corrected chi connectivity index (χ0v) is 12.2. The van der Waals surface area contributed by atoms with Gasteiger partial charge in [0.2, 0.25) is 0 Å². The number of rotatable bonds is 4. The van der Waals surface area contributed by atoms with Gasteiger partial charge in [0.05, 0.1) is 6.61 Å². The van der Waals surface area contributed by atoms with E-state index < -0.39 is 0 Å². The fourth-order valence-corrected chi connectivity index (χ4v) is 2.72. The average molecular weight is 288 g/mol. The summed E-state index contributed by atoms with van der Waals surface area (Å²) in [6, 6.07) is 7.15. The van der Waals surface area contributed by atoms with Gasteiger partial charge in [0, 0.05) is 36.7 Å². The van der Waals surface area contributed by atoms with Gasteiger partial charge in [-0.05, 0) is 37.6 Å². The van der Waals surface area contributed by atoms with E-state index in [9.17, 15) is 4.79 Å². The number of carbonyl (C=O) groups excluding carboxylic acids is 1. The Bertz CT molecular complexity index is 644. The lowest BCUT2D eigenvalue weighted by Crippen LogP contribution is -2.35. The Hall–Kier alpha value is -2.01. The molecule has 2 heterocycles. The van der Waals surface area contributed by atoms with Crippen molar-refractivity contribution < 1.29 is 13.9 Å². The molecule has 0 spiro atoms. The molecular weight excluding hydrogens is 268 g/mol. The van der Waals surface area contributed by atoms with E-state index in [1.807, 2.05) is 17.9 Å². The molecule has 5 heteroatoms. The van der Waals surface area contributed by atoms with Crippen LogP contribution in [-0.2, 0) is 4.74 Å². The molecule has 1 fully saturated rings. The summed E-state index contributed by atoms with van der Waals surface area (Å²) in [6.45, 7) is 4.89. The minimum Gasteiger partial charge on any atom is -0.451 e. The molecule has 112 valence electrons. The smallest absolute Gasteiger partial charge is 0.289 e. The number of benzene rings is 1. The highest BCUT2D eigenvalue weighted by Crippen LogP contribution is 2.23. The molecule has 1 aliphatic heterocycles. The number of amides is 1. The maximum atomic E-state index is 12.6. The lowest BCUT2D eigenvalue weighted by atomic mass is 10.1. The Morgan fingerprint density at radius 2 is 2.29 bits per heavy atom. The standard InChI is InChI=1S/C16H20N2O3/c1-2-18(9-11-5-6-20-10-11)16(19)15-8-12-7-13(17)3-4-14(12)21-15/h3-4,7-8,11H,2,5-6,9-10,17H2,1H3. The second-order valence-electron chi connectivity index (χ2n) is 5.48. The maximum absolute atomic E-state index is 12.6. The van der Waals surface area contributed by atoms with Crippen molar-refractivity contribution in [3.63, 3.8) is 0 Å². The Kier molecular flexibility index (Phi) is 3.84. The van der Waals surface area contributed by atoms with E-state index in [4.69, 9.17) is 14.9 Å². The van der Waals surface area contributed by atoms with Crippen LogP contribution in [0.25, 0.3) is 11.0 Å². The van der Waals surface area contributed by atoms with Crippen LogP contribution in [0, 0.1) is 5.92 Å². The summed E-state index contributed by atoms with van der Waals surface area (Å²) in [7, 11) is 0. The van der Waals surface area contributed by atoms with Gasteiger partial charge >= 0.3 is 0 Å². The first-order chi connectivity index (χ1) is 10.2. The van der Waals surface area contributed by atoms with E-state index in [0.717, 1.165) is 25.0 Å². The molecule has 0 saturated carbocycles. The summed E-state index contributed by atoms with van der Waals surface area (Å²) in [6.07, 6.45) is 1.01. The molecule has 1 atom stereocenters. The Morgan fingerprint density at radius 3 is 3.00 bits per heavy atom. The van der Waals surface area contributed by atoms with Crippen molar-refractivity contribution >= 4 is 22.6 Å². The van der Waals surface area contributed by atoms with Crippen LogP contribution >= 0.6 is 0 Å². The molecule has 3 rings (SSSR count). The van der Waals surface area contributed by atoms with Gasteiger partial charge in [-0.25, -0.2) is 0 Å². The number of hydrogen-bond donors (Lipinski definition) is 1. The molecule has 1 aliphatic rings. The normalized spacial score (nSPS) is 18.2. The summed E-state index contributed by atoms with van der Waals surface area (Å²) >= 11 is 0. The number of nitrogens with zero attached hydrogens (tertiary/aromatic N) is 1. The SMILES string of the molecule is CCN(CC1CCOC1)C(=O)c1cc2cc(N)ccc2o1. The van der Waals surface area contributed by atoms with Crippen LogP contribution in [0.3, 0.4) is 0 Å². The number of carbonyl (C=O) groups is 1. The number of ether oxygens (including phenoxy) is 1. The van der Waals surface area contributed by atoms with Crippen LogP contribution < -0.4 is 5.73 Å². The van der Waals surface area contributed by atoms with Crippen molar-refractivity contribution in [3.05, 3.63) is 30.0 Å². The number of anilines is 1. The molecule has 1 amide bonds. The van der Waals surface area contributed by atoms with Crippen molar-refractivity contribution in [1.82, 2.24) is 4.90 Å². The van der Waals surface area contributed by atoms with Gasteiger partial charge < -0.3 is 19.8 Å². The number of fused-ring (bicyclic) bond motifs is 1. The van der Waals surface area contributed by atoms with Crippen LogP contribution in [0.4, 0.5) is 5.69 Å². The summed E-state index contributed by atoms with van der Waals surface area (Å²) in [5.74, 6) is 0.726. The van der Waals surface area contributed by atoms with E-state index in [1.165, 1.54) is 0 Å². The molecule has 0 aliphatic carbocycles. The van der Waals surface area contributed by atoms with Crippen LogP contribution in [0.5, 0.6) is 0 Å². The summed E-state index contributed by atoms with van der Waals surface area (Å²) in [5, 5.41) is 0.860. The molecule has 0 radical (unpaired) electrons. The maximum Gasteiger partial charge on any atom is 0.289 e. The summed E-state index contributed by atoms with van der Waals surface area (Å²) in [4.78, 5) is 14.4. The fraction of sp³-hybridized carbons (Fsp3) is 0.438. The third-order valence-corrected chi connectivity index (χ3v) is 3.92. The minimum atomic E-state index is -0.0702. The van der Waals surface area contributed by atoms with Crippen LogP contribution in [0.2, 0.25) is 0 Å². The van der Waals surface area contributed by atoms with Gasteiger partial charge in [-0.15, -0.1) is 0 Å². The molecule has 5 nitrogen and oxygen atoms in total. The predicted molar refractivity (Wildman–Crippen MR) is 81.1 cm³/mol. The van der Waals surface area contributed by atoms with E-state index in [1.54, 1.807) is 18.2 Å². The Labute approximate surface area is 123 Å². The highest BCUT2D eigenvalue weighted by Gasteiger charge is 2.24. The zero-order chi connectivity index (χ0) is 14.8. The summed E-state index contributed by atoms with van der Waals surface area (Å²) in [5.41, 5.74) is 7.11. The first-order valence-electron chi connectivity index (χ1n) is 7.33. The van der Waals surface area contributed by atoms with Gasteiger partial charge in [0.1, 0.15) is 5.58 Å². The topological polar surface area (TPSA) is 68.7 Å². The molecule has 2 aromatic rings. The number of nitrogen functional groups attached to an aromatic ring is 1. The molecule has 0 bridgehead atoms. The van der Waals surface area contributed by atoms with E-state index in [2.05, 4.69) is 0 Å². The van der Waals surface area contributed by atoms with Gasteiger partial charge in [-0.2, -0.15) is 0 Å². The van der Waals surface area contributed by atoms with E-state index in [-0.39, 0.29) is 5.91 Å². The molecule has 1 unspecified atom stereocenters. The number of hydrogen-bond acceptors (Lipinski definition) is 4. The molecule has 1 aromatic heterocycles. The molecular formula is C16H20N2O3. The zero-order valence-electron chi connectivity index (χ0n) is 12.2. The molecule has 21 heavy (non-hydrogen) atoms. The quantitative estimate of drug-likeness (QED) is 0.878. The second-order valence-corrected chi connectivity index (χ2v) is 5.48. The predicted octanol–water partition coefficient (Wildman–Crippen LogP) is 2.51. The lowest BCUT2D eigenvalue weighted by Gasteiger charge is -2.22. The van der Waals surface area contributed by atoms with Gasteiger partial charge in [0.25, 0.3) is 5.91 Å². The lowest BCUT2D eigenvalue weighted by molar-refractivity contribution is 0.0701. The third-order valence-electron chi connectivity index (χ3n) is 3.92. The van der Waals surface area contributed by atoms with Crippen molar-refractivity contribution in [2.24, 2.45) is 5.92 Å². The second kappa shape index (κ2) is 5.77. The monoisotopic (exact) mass is 288 g/mol. The largest absolute Gasteiger partial charge is 0.451 e. The van der Waals surface area contributed by atoms with Crippen LogP contribution in [-0.4, -0.2) is 37.1 Å². The summed E-state index contributed by atoms with van der Waals surface area (Å²) < 4.78 is 11.0. The highest BCUT2D eigenvalue weighted by molar-refractivity contribution is 5.96. The number of nitrogens with two attached hydrogens (primary N) is 1. The first-order valence-corrected chi connectivity index (χ1v) is 7.33. The fourth-order valence-electron chi connectivity index (χ4n) is 2.72. The first kappa shape index (κ1) is 13.9. The third kappa shape index (κ3) is 2.88. The van der Waals surface area contributed by atoms with E-state index in [0.29, 0.717) is 36.0 Å². The van der Waals surface area contributed by atoms with Gasteiger partial charge in [0.15, 0.2) is 5.76 Å². The van der Waals surface area contributed by atoms with Gasteiger partial charge in [-0.1, -0.05) is 0 Å². The molecule has 2 N–H and O–H groups in total. The van der Waals surface area contributed by atoms with Gasteiger partial charge in [-0.3, -0.25) is 4.79 Å². The number of furan rings is 1. The minimum absolute atomic E-state index is 0.0702. The highest BCUT2D eigenvalue weighted by atomic mass is 16.5. The van der Waals surface area contributed by atoms with Crippen molar-refractivity contribution in [2.75, 3.05) is 32.0 Å². The Morgan fingerprint density at radius 1 is 1.43 bits per heavy atom. The van der Waals surface area contributed by atoms with Crippen molar-refractivity contribution in [2.45, 2.75) is 13.3 Å². The Balaban J connectivity index is 1.80. The van der Waals surface area contributed by atoms with Crippen molar-refractivity contribution in [1.29, 1.82) is 0 Å². The van der Waals surface area contributed by atoms with Crippen LogP contribution in [0.15, 0.2) is 28.7 Å². The van der Waals surface area contributed by atoms with E-state index >= 15 is 0 Å². The van der Waals surface area contributed by atoms with Crippen LogP contribution in [0.1, 0.15) is 23.9 Å². The average Bonchev–Trinajstić information content (AvgIpc) is 3.12. The molecule has 1 saturated heterocycles. The van der Waals surface area contributed by atoms with Crippen molar-refractivity contribution in [3.8, 4) is 0 Å². The molecule has 1 aromatic carbocycles.